The van der Waals surface area contributed by atoms with Gasteiger partial charge in [-0.25, -0.2) is 0 Å². The van der Waals surface area contributed by atoms with Crippen LogP contribution < -0.4 is 9.47 Å². The van der Waals surface area contributed by atoms with Crippen LogP contribution >= 0.6 is 0 Å². The summed E-state index contributed by atoms with van der Waals surface area (Å²) in [7, 11) is 1.71. The number of ether oxygens (including phenoxy) is 3. The van der Waals surface area contributed by atoms with Gasteiger partial charge in [-0.05, 0) is 71.2 Å². The van der Waals surface area contributed by atoms with Crippen LogP contribution in [0.3, 0.4) is 0 Å². The number of methoxy groups -OCH3 is 1. The van der Waals surface area contributed by atoms with E-state index in [0.29, 0.717) is 31.0 Å². The monoisotopic (exact) mass is 434 g/mol. The SMILES string of the molecule is COc1ccc(C(CC(C)C)CC(OCCOc2ccc3ccccc3c2)C(C)C)cc1. The van der Waals surface area contributed by atoms with E-state index in [1.807, 2.05) is 6.07 Å². The molecule has 0 spiro atoms. The molecule has 0 radical (unpaired) electrons. The largest absolute Gasteiger partial charge is 0.497 e. The summed E-state index contributed by atoms with van der Waals surface area (Å²) in [5.41, 5.74) is 1.36. The zero-order chi connectivity index (χ0) is 22.9. The van der Waals surface area contributed by atoms with Crippen molar-refractivity contribution in [3.63, 3.8) is 0 Å². The maximum atomic E-state index is 6.34. The van der Waals surface area contributed by atoms with Crippen LogP contribution in [0.15, 0.2) is 66.7 Å². The van der Waals surface area contributed by atoms with Gasteiger partial charge in [0.25, 0.3) is 0 Å². The first kappa shape index (κ1) is 24.1. The predicted molar refractivity (Wildman–Crippen MR) is 134 cm³/mol. The van der Waals surface area contributed by atoms with E-state index < -0.39 is 0 Å². The highest BCUT2D eigenvalue weighted by Gasteiger charge is 2.22. The Morgan fingerprint density at radius 3 is 2.06 bits per heavy atom. The fraction of sp³-hybridized carbons (Fsp3) is 0.448. The molecule has 0 aliphatic rings. The van der Waals surface area contributed by atoms with Crippen molar-refractivity contribution in [3.8, 4) is 11.5 Å². The molecular formula is C29H38O3. The summed E-state index contributed by atoms with van der Waals surface area (Å²) >= 11 is 0. The first-order valence-electron chi connectivity index (χ1n) is 11.8. The number of hydrogen-bond acceptors (Lipinski definition) is 3. The molecular weight excluding hydrogens is 396 g/mol. The molecule has 3 aromatic rings. The molecule has 0 amide bonds. The Morgan fingerprint density at radius 2 is 1.41 bits per heavy atom. The van der Waals surface area contributed by atoms with Gasteiger partial charge in [-0.3, -0.25) is 0 Å². The van der Waals surface area contributed by atoms with E-state index in [9.17, 15) is 0 Å². The smallest absolute Gasteiger partial charge is 0.120 e. The van der Waals surface area contributed by atoms with Gasteiger partial charge in [0.2, 0.25) is 0 Å². The Bertz CT molecular complexity index is 946. The van der Waals surface area contributed by atoms with Crippen LogP contribution in [0, 0.1) is 11.8 Å². The minimum absolute atomic E-state index is 0.195. The molecule has 0 saturated carbocycles. The Kier molecular flexibility index (Phi) is 8.99. The third-order valence-corrected chi connectivity index (χ3v) is 6.01. The Balaban J connectivity index is 1.57. The molecule has 0 heterocycles. The molecule has 0 fully saturated rings. The lowest BCUT2D eigenvalue weighted by atomic mass is 9.84. The molecule has 2 unspecified atom stereocenters. The van der Waals surface area contributed by atoms with E-state index in [2.05, 4.69) is 88.4 Å². The van der Waals surface area contributed by atoms with Gasteiger partial charge in [-0.1, -0.05) is 70.2 Å². The minimum atomic E-state index is 0.195. The molecule has 0 aromatic heterocycles. The second-order valence-electron chi connectivity index (χ2n) is 9.35. The zero-order valence-corrected chi connectivity index (χ0v) is 20.2. The van der Waals surface area contributed by atoms with Crippen molar-refractivity contribution in [2.45, 2.75) is 52.6 Å². The number of benzene rings is 3. The topological polar surface area (TPSA) is 27.7 Å². The number of fused-ring (bicyclic) bond motifs is 1. The molecule has 3 heteroatoms. The molecule has 0 bridgehead atoms. The van der Waals surface area contributed by atoms with E-state index in [-0.39, 0.29) is 6.10 Å². The van der Waals surface area contributed by atoms with Crippen LogP contribution in [0.2, 0.25) is 0 Å². The third kappa shape index (κ3) is 7.00. The molecule has 32 heavy (non-hydrogen) atoms. The Labute approximate surface area is 193 Å². The highest BCUT2D eigenvalue weighted by atomic mass is 16.5. The van der Waals surface area contributed by atoms with Crippen molar-refractivity contribution in [1.82, 2.24) is 0 Å². The average molecular weight is 435 g/mol. The maximum absolute atomic E-state index is 6.34. The van der Waals surface area contributed by atoms with Gasteiger partial charge < -0.3 is 14.2 Å². The normalized spacial score (nSPS) is 13.5. The van der Waals surface area contributed by atoms with Crippen molar-refractivity contribution in [2.75, 3.05) is 20.3 Å². The zero-order valence-electron chi connectivity index (χ0n) is 20.2. The summed E-state index contributed by atoms with van der Waals surface area (Å²) < 4.78 is 17.7. The molecule has 0 aliphatic heterocycles. The molecule has 3 aromatic carbocycles. The van der Waals surface area contributed by atoms with Crippen molar-refractivity contribution >= 4 is 10.8 Å². The molecule has 0 saturated heterocycles. The van der Waals surface area contributed by atoms with Crippen LogP contribution in [0.4, 0.5) is 0 Å². The molecule has 0 aliphatic carbocycles. The van der Waals surface area contributed by atoms with Gasteiger partial charge in [-0.2, -0.15) is 0 Å². The summed E-state index contributed by atoms with van der Waals surface area (Å²) in [6.45, 7) is 10.2. The Morgan fingerprint density at radius 1 is 0.719 bits per heavy atom. The van der Waals surface area contributed by atoms with Gasteiger partial charge in [0.1, 0.15) is 18.1 Å². The first-order valence-corrected chi connectivity index (χ1v) is 11.8. The highest BCUT2D eigenvalue weighted by Crippen LogP contribution is 2.32. The lowest BCUT2D eigenvalue weighted by molar-refractivity contribution is -0.00266. The van der Waals surface area contributed by atoms with Crippen LogP contribution in [0.25, 0.3) is 10.8 Å². The molecule has 3 rings (SSSR count). The van der Waals surface area contributed by atoms with E-state index in [4.69, 9.17) is 14.2 Å². The minimum Gasteiger partial charge on any atom is -0.497 e. The standard InChI is InChI=1S/C29H38O3/c1-21(2)18-26(24-10-13-27(30-5)14-11-24)20-29(22(3)4)32-17-16-31-28-15-12-23-8-6-7-9-25(23)19-28/h6-15,19,21-22,26,29H,16-18,20H2,1-5H3. The highest BCUT2D eigenvalue weighted by molar-refractivity contribution is 5.83. The average Bonchev–Trinajstić information content (AvgIpc) is 2.79. The first-order chi connectivity index (χ1) is 15.5. The fourth-order valence-electron chi connectivity index (χ4n) is 4.24. The molecule has 3 nitrogen and oxygen atoms in total. The fourth-order valence-corrected chi connectivity index (χ4v) is 4.24. The number of hydrogen-bond donors (Lipinski definition) is 0. The van der Waals surface area contributed by atoms with Crippen molar-refractivity contribution < 1.29 is 14.2 Å². The van der Waals surface area contributed by atoms with Crippen LogP contribution in [0.5, 0.6) is 11.5 Å². The summed E-state index contributed by atoms with van der Waals surface area (Å²) in [6, 6.07) is 23.1. The summed E-state index contributed by atoms with van der Waals surface area (Å²) in [4.78, 5) is 0. The Hall–Kier alpha value is -2.52. The van der Waals surface area contributed by atoms with Gasteiger partial charge >= 0.3 is 0 Å². The van der Waals surface area contributed by atoms with Crippen molar-refractivity contribution in [2.24, 2.45) is 11.8 Å². The van der Waals surface area contributed by atoms with Gasteiger partial charge in [-0.15, -0.1) is 0 Å². The lowest BCUT2D eigenvalue weighted by Gasteiger charge is -2.28. The maximum Gasteiger partial charge on any atom is 0.120 e. The van der Waals surface area contributed by atoms with E-state index in [1.54, 1.807) is 7.11 Å². The van der Waals surface area contributed by atoms with Gasteiger partial charge in [0, 0.05) is 0 Å². The van der Waals surface area contributed by atoms with Crippen molar-refractivity contribution in [1.29, 1.82) is 0 Å². The van der Waals surface area contributed by atoms with E-state index in [1.165, 1.54) is 16.3 Å². The van der Waals surface area contributed by atoms with Crippen LogP contribution in [-0.4, -0.2) is 26.4 Å². The third-order valence-electron chi connectivity index (χ3n) is 6.01. The van der Waals surface area contributed by atoms with Gasteiger partial charge in [0.05, 0.1) is 19.8 Å². The summed E-state index contributed by atoms with van der Waals surface area (Å²) in [5, 5.41) is 2.42. The van der Waals surface area contributed by atoms with E-state index >= 15 is 0 Å². The summed E-state index contributed by atoms with van der Waals surface area (Å²) in [6.07, 6.45) is 2.35. The quantitative estimate of drug-likeness (QED) is 0.276. The van der Waals surface area contributed by atoms with Gasteiger partial charge in [0.15, 0.2) is 0 Å². The predicted octanol–water partition coefficient (Wildman–Crippen LogP) is 7.49. The summed E-state index contributed by atoms with van der Waals surface area (Å²) in [5.74, 6) is 3.34. The second kappa shape index (κ2) is 11.9. The molecule has 172 valence electrons. The second-order valence-corrected chi connectivity index (χ2v) is 9.35. The van der Waals surface area contributed by atoms with Crippen molar-refractivity contribution in [3.05, 3.63) is 72.3 Å². The van der Waals surface area contributed by atoms with Crippen LogP contribution in [-0.2, 0) is 4.74 Å². The molecule has 0 N–H and O–H groups in total. The number of rotatable bonds is 12. The van der Waals surface area contributed by atoms with E-state index in [0.717, 1.165) is 24.3 Å². The van der Waals surface area contributed by atoms with Crippen LogP contribution in [0.1, 0.15) is 52.0 Å². The molecule has 2 atom stereocenters. The lowest BCUT2D eigenvalue weighted by Crippen LogP contribution is -2.25.